The monoisotopic (exact) mass is 394 g/mol. The first-order valence-corrected chi connectivity index (χ1v) is 10.5. The summed E-state index contributed by atoms with van der Waals surface area (Å²) in [6, 6.07) is 9.64. The van der Waals surface area contributed by atoms with Crippen LogP contribution in [-0.2, 0) is 5.54 Å². The first-order chi connectivity index (χ1) is 13.7. The van der Waals surface area contributed by atoms with Crippen LogP contribution in [-0.4, -0.2) is 57.6 Å². The molecule has 0 N–H and O–H groups in total. The number of aryl methyl sites for hydroxylation is 1. The number of benzene rings is 1. The Morgan fingerprint density at radius 1 is 0.931 bits per heavy atom. The van der Waals surface area contributed by atoms with E-state index < -0.39 is 0 Å². The summed E-state index contributed by atoms with van der Waals surface area (Å²) in [7, 11) is 0. The minimum Gasteiger partial charge on any atom is -0.335 e. The van der Waals surface area contributed by atoms with Gasteiger partial charge in [-0.1, -0.05) is 17.7 Å². The normalized spacial score (nSPS) is 17.5. The van der Waals surface area contributed by atoms with Crippen molar-refractivity contribution in [2.45, 2.75) is 52.0 Å². The maximum Gasteiger partial charge on any atom is 0.272 e. The topological polar surface area (TPSA) is 58.4 Å². The fourth-order valence-corrected chi connectivity index (χ4v) is 3.80. The molecule has 2 amide bonds. The maximum atomic E-state index is 13.3. The summed E-state index contributed by atoms with van der Waals surface area (Å²) < 4.78 is 1.88. The Morgan fingerprint density at radius 3 is 2.00 bits per heavy atom. The molecule has 2 aromatic rings. The minimum atomic E-state index is -0.249. The van der Waals surface area contributed by atoms with Crippen molar-refractivity contribution in [1.29, 1.82) is 0 Å². The van der Waals surface area contributed by atoms with E-state index in [0.717, 1.165) is 24.1 Å². The summed E-state index contributed by atoms with van der Waals surface area (Å²) in [6.45, 7) is 10.4. The summed E-state index contributed by atoms with van der Waals surface area (Å²) in [5, 5.41) is 4.75. The fraction of sp³-hybridized carbons (Fsp3) is 0.522. The fourth-order valence-electron chi connectivity index (χ4n) is 3.80. The van der Waals surface area contributed by atoms with Crippen molar-refractivity contribution in [3.05, 3.63) is 52.8 Å². The molecule has 1 aliphatic heterocycles. The van der Waals surface area contributed by atoms with Gasteiger partial charge in [0.05, 0.1) is 11.2 Å². The van der Waals surface area contributed by atoms with Crippen molar-refractivity contribution in [3.8, 4) is 0 Å². The second kappa shape index (κ2) is 7.32. The average molecular weight is 395 g/mol. The molecule has 2 heterocycles. The molecule has 154 valence electrons. The van der Waals surface area contributed by atoms with Crippen molar-refractivity contribution in [2.75, 3.05) is 26.2 Å². The van der Waals surface area contributed by atoms with E-state index in [-0.39, 0.29) is 17.4 Å². The van der Waals surface area contributed by atoms with E-state index >= 15 is 0 Å². The number of amides is 2. The SMILES string of the molecule is Cc1ccc(C(=O)N2CCN(C(=O)c3cc(C4CC4)nn3C(C)(C)C)CC2)cc1. The number of hydrogen-bond acceptors (Lipinski definition) is 3. The number of rotatable bonds is 3. The van der Waals surface area contributed by atoms with Crippen LogP contribution >= 0.6 is 0 Å². The average Bonchev–Trinajstić information content (AvgIpc) is 3.44. The quantitative estimate of drug-likeness (QED) is 0.801. The lowest BCUT2D eigenvalue weighted by Crippen LogP contribution is -2.51. The van der Waals surface area contributed by atoms with Crippen LogP contribution in [0.25, 0.3) is 0 Å². The first kappa shape index (κ1) is 19.7. The summed E-state index contributed by atoms with van der Waals surface area (Å²) in [5.41, 5.74) is 3.30. The van der Waals surface area contributed by atoms with Gasteiger partial charge in [-0.25, -0.2) is 0 Å². The van der Waals surface area contributed by atoms with Gasteiger partial charge >= 0.3 is 0 Å². The summed E-state index contributed by atoms with van der Waals surface area (Å²) in [6.07, 6.45) is 2.32. The standard InChI is InChI=1S/C23H30N4O2/c1-16-5-7-18(8-6-16)21(28)25-11-13-26(14-12-25)22(29)20-15-19(17-9-10-17)24-27(20)23(2,3)4/h5-8,15,17H,9-14H2,1-4H3. The zero-order chi connectivity index (χ0) is 20.8. The molecule has 1 aromatic carbocycles. The van der Waals surface area contributed by atoms with Gasteiger partial charge in [0.2, 0.25) is 0 Å². The van der Waals surface area contributed by atoms with Gasteiger partial charge in [-0.15, -0.1) is 0 Å². The van der Waals surface area contributed by atoms with Crippen molar-refractivity contribution in [2.24, 2.45) is 0 Å². The van der Waals surface area contributed by atoms with Gasteiger partial charge in [0.25, 0.3) is 11.8 Å². The molecule has 0 atom stereocenters. The molecule has 0 bridgehead atoms. The molecular formula is C23H30N4O2. The Balaban J connectivity index is 1.45. The van der Waals surface area contributed by atoms with E-state index in [0.29, 0.717) is 43.4 Å². The highest BCUT2D eigenvalue weighted by molar-refractivity contribution is 5.95. The molecule has 6 nitrogen and oxygen atoms in total. The second-order valence-corrected chi connectivity index (χ2v) is 9.26. The predicted molar refractivity (Wildman–Crippen MR) is 112 cm³/mol. The predicted octanol–water partition coefficient (Wildman–Crippen LogP) is 3.42. The number of piperazine rings is 1. The summed E-state index contributed by atoms with van der Waals surface area (Å²) >= 11 is 0. The highest BCUT2D eigenvalue weighted by Crippen LogP contribution is 2.40. The highest BCUT2D eigenvalue weighted by atomic mass is 16.2. The largest absolute Gasteiger partial charge is 0.335 e. The zero-order valence-corrected chi connectivity index (χ0v) is 17.8. The molecule has 1 aromatic heterocycles. The molecule has 1 aliphatic carbocycles. The molecule has 0 unspecified atom stereocenters. The third-order valence-corrected chi connectivity index (χ3v) is 5.73. The van der Waals surface area contributed by atoms with Crippen LogP contribution in [0.15, 0.2) is 30.3 Å². The summed E-state index contributed by atoms with van der Waals surface area (Å²) in [5.74, 6) is 0.559. The van der Waals surface area contributed by atoms with E-state index in [1.165, 1.54) is 0 Å². The van der Waals surface area contributed by atoms with Gasteiger partial charge in [-0.05, 0) is 58.7 Å². The zero-order valence-electron chi connectivity index (χ0n) is 17.8. The van der Waals surface area contributed by atoms with E-state index in [2.05, 4.69) is 20.8 Å². The molecule has 1 saturated carbocycles. The van der Waals surface area contributed by atoms with Gasteiger partial charge in [0.15, 0.2) is 0 Å². The minimum absolute atomic E-state index is 0.0155. The molecule has 2 aliphatic rings. The van der Waals surface area contributed by atoms with E-state index in [1.54, 1.807) is 0 Å². The smallest absolute Gasteiger partial charge is 0.272 e. The highest BCUT2D eigenvalue weighted by Gasteiger charge is 2.33. The number of aromatic nitrogens is 2. The number of hydrogen-bond donors (Lipinski definition) is 0. The molecule has 4 rings (SSSR count). The second-order valence-electron chi connectivity index (χ2n) is 9.26. The van der Waals surface area contributed by atoms with Crippen LogP contribution < -0.4 is 0 Å². The van der Waals surface area contributed by atoms with Crippen molar-refractivity contribution in [1.82, 2.24) is 19.6 Å². The third kappa shape index (κ3) is 4.07. The Labute approximate surface area is 172 Å². The van der Waals surface area contributed by atoms with E-state index in [9.17, 15) is 9.59 Å². The van der Waals surface area contributed by atoms with Crippen molar-refractivity contribution >= 4 is 11.8 Å². The number of carbonyl (C=O) groups excluding carboxylic acids is 2. The number of nitrogens with zero attached hydrogens (tertiary/aromatic N) is 4. The van der Waals surface area contributed by atoms with Crippen LogP contribution in [0, 0.1) is 6.92 Å². The molecule has 0 radical (unpaired) electrons. The van der Waals surface area contributed by atoms with Gasteiger partial charge in [-0.2, -0.15) is 5.10 Å². The van der Waals surface area contributed by atoms with Gasteiger partial charge in [0.1, 0.15) is 5.69 Å². The van der Waals surface area contributed by atoms with E-state index in [4.69, 9.17) is 5.10 Å². The van der Waals surface area contributed by atoms with Crippen LogP contribution in [0.3, 0.4) is 0 Å². The Bertz CT molecular complexity index is 911. The molecular weight excluding hydrogens is 364 g/mol. The van der Waals surface area contributed by atoms with Crippen molar-refractivity contribution in [3.63, 3.8) is 0 Å². The van der Waals surface area contributed by atoms with E-state index in [1.807, 2.05) is 51.7 Å². The number of carbonyl (C=O) groups is 2. The molecule has 0 spiro atoms. The van der Waals surface area contributed by atoms with Crippen LogP contribution in [0.5, 0.6) is 0 Å². The lowest BCUT2D eigenvalue weighted by molar-refractivity contribution is 0.0525. The Morgan fingerprint density at radius 2 is 1.48 bits per heavy atom. The van der Waals surface area contributed by atoms with Crippen LogP contribution in [0.4, 0.5) is 0 Å². The van der Waals surface area contributed by atoms with Gasteiger partial charge in [-0.3, -0.25) is 14.3 Å². The van der Waals surface area contributed by atoms with Crippen LogP contribution in [0.2, 0.25) is 0 Å². The summed E-state index contributed by atoms with van der Waals surface area (Å²) in [4.78, 5) is 29.7. The van der Waals surface area contributed by atoms with Gasteiger partial charge < -0.3 is 9.80 Å². The maximum absolute atomic E-state index is 13.3. The molecule has 2 fully saturated rings. The first-order valence-electron chi connectivity index (χ1n) is 10.5. The Hall–Kier alpha value is -2.63. The van der Waals surface area contributed by atoms with Crippen LogP contribution in [0.1, 0.15) is 71.6 Å². The molecule has 29 heavy (non-hydrogen) atoms. The lowest BCUT2D eigenvalue weighted by atomic mass is 10.1. The molecule has 6 heteroatoms. The van der Waals surface area contributed by atoms with Gasteiger partial charge in [0, 0.05) is 37.7 Å². The van der Waals surface area contributed by atoms with Crippen molar-refractivity contribution < 1.29 is 9.59 Å². The Kier molecular flexibility index (Phi) is 4.97. The lowest BCUT2D eigenvalue weighted by Gasteiger charge is -2.35. The third-order valence-electron chi connectivity index (χ3n) is 5.73. The molecule has 1 saturated heterocycles.